The van der Waals surface area contributed by atoms with Crippen molar-refractivity contribution in [3.8, 4) is 0 Å². The number of aliphatic imine (C=N–C) groups is 1. The second kappa shape index (κ2) is 8.92. The normalized spacial score (nSPS) is 20.5. The summed E-state index contributed by atoms with van der Waals surface area (Å²) >= 11 is 0. The van der Waals surface area contributed by atoms with Crippen molar-refractivity contribution < 1.29 is 0 Å². The number of nitrogens with one attached hydrogen (secondary N) is 2. The van der Waals surface area contributed by atoms with Gasteiger partial charge in [-0.1, -0.05) is 36.8 Å². The molecule has 1 saturated heterocycles. The topological polar surface area (TPSA) is 39.7 Å². The second-order valence-electron chi connectivity index (χ2n) is 6.69. The van der Waals surface area contributed by atoms with Crippen LogP contribution in [0.3, 0.4) is 0 Å². The van der Waals surface area contributed by atoms with Crippen molar-refractivity contribution in [3.63, 3.8) is 0 Å². The molecule has 0 amide bonds. The molecule has 4 heteroatoms. The molecule has 2 N–H and O–H groups in total. The number of hydrogen-bond donors (Lipinski definition) is 2. The predicted molar refractivity (Wildman–Crippen MR) is 99.2 cm³/mol. The van der Waals surface area contributed by atoms with Crippen LogP contribution in [-0.2, 0) is 0 Å². The fourth-order valence-electron chi connectivity index (χ4n) is 3.10. The highest BCUT2D eigenvalue weighted by molar-refractivity contribution is 5.79. The first-order chi connectivity index (χ1) is 11.1. The van der Waals surface area contributed by atoms with Gasteiger partial charge >= 0.3 is 0 Å². The lowest BCUT2D eigenvalue weighted by Gasteiger charge is -2.21. The quantitative estimate of drug-likeness (QED) is 0.626. The van der Waals surface area contributed by atoms with E-state index in [0.29, 0.717) is 12.0 Å². The van der Waals surface area contributed by atoms with Crippen LogP contribution in [0.15, 0.2) is 29.3 Å². The van der Waals surface area contributed by atoms with E-state index in [1.165, 1.54) is 30.5 Å². The summed E-state index contributed by atoms with van der Waals surface area (Å²) in [6.45, 7) is 10.4. The molecular weight excluding hydrogens is 284 g/mol. The zero-order valence-corrected chi connectivity index (χ0v) is 15.1. The SMILES string of the molecule is CCNC(=NCC(C)c1cccc(C)c1)NCC1CCCN1C. The molecule has 0 bridgehead atoms. The number of nitrogens with zero attached hydrogens (tertiary/aromatic N) is 2. The van der Waals surface area contributed by atoms with Gasteiger partial charge in [-0.25, -0.2) is 0 Å². The highest BCUT2D eigenvalue weighted by atomic mass is 15.2. The molecule has 4 nitrogen and oxygen atoms in total. The minimum Gasteiger partial charge on any atom is -0.357 e. The lowest BCUT2D eigenvalue weighted by molar-refractivity contribution is 0.309. The van der Waals surface area contributed by atoms with Crippen LogP contribution in [0.1, 0.15) is 43.7 Å². The van der Waals surface area contributed by atoms with Crippen molar-refractivity contribution >= 4 is 5.96 Å². The summed E-state index contributed by atoms with van der Waals surface area (Å²) in [7, 11) is 2.21. The Kier molecular flexibility index (Phi) is 6.90. The summed E-state index contributed by atoms with van der Waals surface area (Å²) < 4.78 is 0. The zero-order valence-electron chi connectivity index (χ0n) is 15.1. The van der Waals surface area contributed by atoms with E-state index in [4.69, 9.17) is 4.99 Å². The van der Waals surface area contributed by atoms with Gasteiger partial charge < -0.3 is 15.5 Å². The van der Waals surface area contributed by atoms with Crippen molar-refractivity contribution in [2.45, 2.75) is 45.6 Å². The third kappa shape index (κ3) is 5.54. The van der Waals surface area contributed by atoms with Crippen LogP contribution in [0, 0.1) is 6.92 Å². The summed E-state index contributed by atoms with van der Waals surface area (Å²) in [5, 5.41) is 6.87. The Bertz CT molecular complexity index is 512. The van der Waals surface area contributed by atoms with E-state index >= 15 is 0 Å². The first-order valence-corrected chi connectivity index (χ1v) is 8.89. The summed E-state index contributed by atoms with van der Waals surface area (Å²) in [4.78, 5) is 7.22. The van der Waals surface area contributed by atoms with Gasteiger partial charge in [0.1, 0.15) is 0 Å². The first-order valence-electron chi connectivity index (χ1n) is 8.89. The summed E-state index contributed by atoms with van der Waals surface area (Å²) in [5.41, 5.74) is 2.67. The molecule has 1 fully saturated rings. The van der Waals surface area contributed by atoms with Gasteiger partial charge in [0.05, 0.1) is 0 Å². The number of rotatable bonds is 6. The Hall–Kier alpha value is -1.55. The van der Waals surface area contributed by atoms with E-state index in [-0.39, 0.29) is 0 Å². The molecule has 1 aliphatic heterocycles. The highest BCUT2D eigenvalue weighted by Gasteiger charge is 2.20. The minimum atomic E-state index is 0.430. The van der Waals surface area contributed by atoms with Crippen molar-refractivity contribution in [2.75, 3.05) is 33.2 Å². The molecule has 1 aromatic rings. The molecule has 0 saturated carbocycles. The fraction of sp³-hybridized carbons (Fsp3) is 0.632. The van der Waals surface area contributed by atoms with Crippen molar-refractivity contribution in [1.82, 2.24) is 15.5 Å². The van der Waals surface area contributed by atoms with Gasteiger partial charge in [0.15, 0.2) is 5.96 Å². The third-order valence-corrected chi connectivity index (χ3v) is 4.66. The van der Waals surface area contributed by atoms with Crippen LogP contribution in [0.2, 0.25) is 0 Å². The van der Waals surface area contributed by atoms with E-state index in [2.05, 4.69) is 67.6 Å². The monoisotopic (exact) mass is 316 g/mol. The van der Waals surface area contributed by atoms with Gasteiger partial charge in [-0.15, -0.1) is 0 Å². The maximum Gasteiger partial charge on any atom is 0.191 e. The van der Waals surface area contributed by atoms with Crippen molar-refractivity contribution in [1.29, 1.82) is 0 Å². The van der Waals surface area contributed by atoms with Crippen LogP contribution >= 0.6 is 0 Å². The zero-order chi connectivity index (χ0) is 16.7. The number of hydrogen-bond acceptors (Lipinski definition) is 2. The Morgan fingerprint density at radius 3 is 2.87 bits per heavy atom. The maximum absolute atomic E-state index is 4.78. The fourth-order valence-corrected chi connectivity index (χ4v) is 3.10. The molecule has 1 aromatic carbocycles. The number of likely N-dealkylation sites (tertiary alicyclic amines) is 1. The third-order valence-electron chi connectivity index (χ3n) is 4.66. The van der Waals surface area contributed by atoms with Gasteiger partial charge in [-0.05, 0) is 45.8 Å². The van der Waals surface area contributed by atoms with Crippen molar-refractivity contribution in [2.24, 2.45) is 4.99 Å². The van der Waals surface area contributed by atoms with Crippen LogP contribution in [0.25, 0.3) is 0 Å². The first kappa shape index (κ1) is 17.8. The van der Waals surface area contributed by atoms with Crippen LogP contribution < -0.4 is 10.6 Å². The molecular formula is C19H32N4. The standard InChI is InChI=1S/C19H32N4/c1-5-20-19(22-14-18-10-7-11-23(18)4)21-13-16(3)17-9-6-8-15(2)12-17/h6,8-9,12,16,18H,5,7,10-11,13-14H2,1-4H3,(H2,20,21,22). The van der Waals surface area contributed by atoms with E-state index in [1.807, 2.05) is 0 Å². The Morgan fingerprint density at radius 2 is 2.22 bits per heavy atom. The molecule has 1 aliphatic rings. The maximum atomic E-state index is 4.78. The molecule has 0 radical (unpaired) electrons. The lowest BCUT2D eigenvalue weighted by Crippen LogP contribution is -2.44. The Labute approximate surface area is 141 Å². The lowest BCUT2D eigenvalue weighted by atomic mass is 10.00. The predicted octanol–water partition coefficient (Wildman–Crippen LogP) is 2.75. The molecule has 0 aromatic heterocycles. The molecule has 2 atom stereocenters. The minimum absolute atomic E-state index is 0.430. The average molecular weight is 316 g/mol. The van der Waals surface area contributed by atoms with E-state index in [1.54, 1.807) is 0 Å². The van der Waals surface area contributed by atoms with Crippen LogP contribution in [-0.4, -0.2) is 50.1 Å². The van der Waals surface area contributed by atoms with Gasteiger partial charge in [0.25, 0.3) is 0 Å². The van der Waals surface area contributed by atoms with E-state index in [0.717, 1.165) is 25.6 Å². The Morgan fingerprint density at radius 1 is 1.39 bits per heavy atom. The van der Waals surface area contributed by atoms with Crippen LogP contribution in [0.5, 0.6) is 0 Å². The number of guanidine groups is 1. The number of benzene rings is 1. The smallest absolute Gasteiger partial charge is 0.191 e. The average Bonchev–Trinajstić information content (AvgIpc) is 2.95. The van der Waals surface area contributed by atoms with Crippen molar-refractivity contribution in [3.05, 3.63) is 35.4 Å². The second-order valence-corrected chi connectivity index (χ2v) is 6.69. The summed E-state index contributed by atoms with van der Waals surface area (Å²) in [5.74, 6) is 1.37. The van der Waals surface area contributed by atoms with Gasteiger partial charge in [-0.3, -0.25) is 4.99 Å². The molecule has 23 heavy (non-hydrogen) atoms. The molecule has 128 valence electrons. The van der Waals surface area contributed by atoms with Gasteiger partial charge in [0, 0.05) is 31.6 Å². The molecule has 2 unspecified atom stereocenters. The highest BCUT2D eigenvalue weighted by Crippen LogP contribution is 2.17. The van der Waals surface area contributed by atoms with Gasteiger partial charge in [0.2, 0.25) is 0 Å². The molecule has 1 heterocycles. The largest absolute Gasteiger partial charge is 0.357 e. The molecule has 0 spiro atoms. The Balaban J connectivity index is 1.89. The van der Waals surface area contributed by atoms with E-state index in [9.17, 15) is 0 Å². The molecule has 2 rings (SSSR count). The summed E-state index contributed by atoms with van der Waals surface area (Å²) in [6.07, 6.45) is 2.59. The number of likely N-dealkylation sites (N-methyl/N-ethyl adjacent to an activating group) is 1. The molecule has 0 aliphatic carbocycles. The summed E-state index contributed by atoms with van der Waals surface area (Å²) in [6, 6.07) is 9.36. The number of aryl methyl sites for hydroxylation is 1. The van der Waals surface area contributed by atoms with E-state index < -0.39 is 0 Å². The van der Waals surface area contributed by atoms with Gasteiger partial charge in [-0.2, -0.15) is 0 Å². The van der Waals surface area contributed by atoms with Crippen LogP contribution in [0.4, 0.5) is 0 Å².